The van der Waals surface area contributed by atoms with Crippen LogP contribution in [0.2, 0.25) is 0 Å². The highest BCUT2D eigenvalue weighted by Gasteiger charge is 2.23. The molecule has 176 valence electrons. The first-order chi connectivity index (χ1) is 15.9. The molecule has 0 saturated carbocycles. The molecule has 10 heteroatoms. The Bertz CT molecular complexity index is 1040. The first kappa shape index (κ1) is 23.7. The van der Waals surface area contributed by atoms with Gasteiger partial charge in [0.05, 0.1) is 20.8 Å². The van der Waals surface area contributed by atoms with Crippen molar-refractivity contribution >= 4 is 17.4 Å². The third kappa shape index (κ3) is 5.28. The van der Waals surface area contributed by atoms with Crippen molar-refractivity contribution in [1.29, 1.82) is 0 Å². The second-order valence-electron chi connectivity index (χ2n) is 7.28. The summed E-state index contributed by atoms with van der Waals surface area (Å²) in [6, 6.07) is 3.73. The number of carbonyl (C=O) groups is 1. The summed E-state index contributed by atoms with van der Waals surface area (Å²) in [5.74, 6) is 1.29. The highest BCUT2D eigenvalue weighted by atomic mass is 17.2. The molecule has 1 unspecified atom stereocenters. The lowest BCUT2D eigenvalue weighted by molar-refractivity contribution is -0.172. The van der Waals surface area contributed by atoms with Crippen molar-refractivity contribution in [1.82, 2.24) is 9.97 Å². The van der Waals surface area contributed by atoms with E-state index in [1.54, 1.807) is 13.1 Å². The molecule has 2 N–H and O–H groups in total. The normalized spacial score (nSPS) is 14.9. The Morgan fingerprint density at radius 2 is 2.06 bits per heavy atom. The summed E-state index contributed by atoms with van der Waals surface area (Å²) in [6.07, 6.45) is 3.70. The lowest BCUT2D eigenvalue weighted by atomic mass is 9.93. The van der Waals surface area contributed by atoms with Crippen LogP contribution in [0.3, 0.4) is 0 Å². The van der Waals surface area contributed by atoms with E-state index in [4.69, 9.17) is 24.0 Å². The van der Waals surface area contributed by atoms with Crippen LogP contribution in [0, 0.1) is 6.92 Å². The Kier molecular flexibility index (Phi) is 7.60. The van der Waals surface area contributed by atoms with Crippen LogP contribution >= 0.6 is 0 Å². The number of anilines is 2. The summed E-state index contributed by atoms with van der Waals surface area (Å²) in [6.45, 7) is 8.38. The van der Waals surface area contributed by atoms with Crippen LogP contribution in [0.25, 0.3) is 0 Å². The van der Waals surface area contributed by atoms with Crippen molar-refractivity contribution in [3.8, 4) is 23.4 Å². The van der Waals surface area contributed by atoms with Crippen LogP contribution in [0.1, 0.15) is 30.4 Å². The van der Waals surface area contributed by atoms with Gasteiger partial charge >= 0.3 is 6.01 Å². The first-order valence-electron chi connectivity index (χ1n) is 10.4. The molecule has 1 aliphatic rings. The van der Waals surface area contributed by atoms with E-state index in [0.717, 1.165) is 23.3 Å². The zero-order valence-electron chi connectivity index (χ0n) is 19.4. The number of allylic oxidation sites excluding steroid dienone is 2. The van der Waals surface area contributed by atoms with Crippen molar-refractivity contribution in [3.05, 3.63) is 47.7 Å². The quantitative estimate of drug-likeness (QED) is 0.191. The van der Waals surface area contributed by atoms with Gasteiger partial charge in [-0.15, -0.1) is 0 Å². The maximum atomic E-state index is 12.9. The Hall–Kier alpha value is -3.95. The number of hydrogen-bond acceptors (Lipinski definition) is 9. The minimum Gasteiger partial charge on any atom is -0.493 e. The van der Waals surface area contributed by atoms with Gasteiger partial charge in [0.1, 0.15) is 11.4 Å². The number of aromatic nitrogens is 2. The number of amides is 1. The van der Waals surface area contributed by atoms with Gasteiger partial charge in [-0.3, -0.25) is 14.6 Å². The smallest absolute Gasteiger partial charge is 0.321 e. The fourth-order valence-electron chi connectivity index (χ4n) is 3.34. The van der Waals surface area contributed by atoms with Gasteiger partial charge in [0.2, 0.25) is 11.6 Å². The molecule has 3 rings (SSSR count). The van der Waals surface area contributed by atoms with E-state index in [1.165, 1.54) is 26.4 Å². The molecule has 1 aromatic heterocycles. The van der Waals surface area contributed by atoms with Gasteiger partial charge in [-0.25, -0.2) is 0 Å². The van der Waals surface area contributed by atoms with Gasteiger partial charge in [-0.1, -0.05) is 19.6 Å². The number of rotatable bonds is 9. The van der Waals surface area contributed by atoms with Crippen LogP contribution in [0.5, 0.6) is 23.4 Å². The molecule has 1 amide bonds. The lowest BCUT2D eigenvalue weighted by Crippen LogP contribution is -2.20. The molecule has 0 spiro atoms. The molecule has 10 nitrogen and oxygen atoms in total. The average molecular weight is 456 g/mol. The fraction of sp³-hybridized carbons (Fsp3) is 0.348. The van der Waals surface area contributed by atoms with Crippen LogP contribution in [0.15, 0.2) is 36.6 Å². The molecule has 2 heterocycles. The summed E-state index contributed by atoms with van der Waals surface area (Å²) in [5.41, 5.74) is 2.17. The minimum atomic E-state index is -0.621. The van der Waals surface area contributed by atoms with Gasteiger partial charge in [-0.05, 0) is 43.0 Å². The van der Waals surface area contributed by atoms with E-state index >= 15 is 0 Å². The molecule has 0 radical (unpaired) electrons. The number of hydrogen-bond donors (Lipinski definition) is 2. The summed E-state index contributed by atoms with van der Waals surface area (Å²) >= 11 is 0. The van der Waals surface area contributed by atoms with Gasteiger partial charge < -0.3 is 24.8 Å². The van der Waals surface area contributed by atoms with E-state index in [-0.39, 0.29) is 23.3 Å². The zero-order chi connectivity index (χ0) is 24.0. The Balaban J connectivity index is 1.80. The molecular formula is C23H28N4O6. The molecule has 0 fully saturated rings. The average Bonchev–Trinajstić information content (AvgIpc) is 2.82. The maximum absolute atomic E-state index is 12.9. The summed E-state index contributed by atoms with van der Waals surface area (Å²) in [5, 5.41) is 5.54. The van der Waals surface area contributed by atoms with Gasteiger partial charge in [0.25, 0.3) is 5.91 Å². The van der Waals surface area contributed by atoms with E-state index in [2.05, 4.69) is 34.1 Å². The Morgan fingerprint density at radius 3 is 2.73 bits per heavy atom. The second kappa shape index (κ2) is 10.6. The number of nitrogens with one attached hydrogen (secondary N) is 2. The van der Waals surface area contributed by atoms with Crippen LogP contribution in [-0.4, -0.2) is 43.7 Å². The monoisotopic (exact) mass is 456 g/mol. The number of ether oxygens (including phenoxy) is 3. The minimum absolute atomic E-state index is 0.0802. The Labute approximate surface area is 192 Å². The van der Waals surface area contributed by atoms with E-state index in [9.17, 15) is 4.79 Å². The lowest BCUT2D eigenvalue weighted by Gasteiger charge is -2.25. The highest BCUT2D eigenvalue weighted by Crippen LogP contribution is 2.39. The molecule has 1 aromatic carbocycles. The molecule has 0 saturated heterocycles. The predicted octanol–water partition coefficient (Wildman–Crippen LogP) is 3.75. The van der Waals surface area contributed by atoms with Crippen molar-refractivity contribution in [3.63, 3.8) is 0 Å². The van der Waals surface area contributed by atoms with Gasteiger partial charge in [-0.2, -0.15) is 9.97 Å². The number of benzene rings is 1. The van der Waals surface area contributed by atoms with Crippen molar-refractivity contribution in [2.45, 2.75) is 26.2 Å². The number of fused-ring (bicyclic) bond motifs is 1. The van der Waals surface area contributed by atoms with Crippen molar-refractivity contribution in [2.24, 2.45) is 0 Å². The van der Waals surface area contributed by atoms with Gasteiger partial charge in [0.15, 0.2) is 11.6 Å². The fourth-order valence-corrected chi connectivity index (χ4v) is 3.34. The van der Waals surface area contributed by atoms with E-state index in [1.807, 2.05) is 13.0 Å². The molecule has 1 atom stereocenters. The first-order valence-corrected chi connectivity index (χ1v) is 10.4. The SMILES string of the molecule is C=C/C=C(\OOc1cc(C)c2c(c1)C(C)CCO2)C(=O)Nc1c(NC)nc(OC)nc1OC. The van der Waals surface area contributed by atoms with E-state index < -0.39 is 5.91 Å². The molecular weight excluding hydrogens is 428 g/mol. The summed E-state index contributed by atoms with van der Waals surface area (Å²) in [7, 11) is 4.48. The highest BCUT2D eigenvalue weighted by molar-refractivity contribution is 6.04. The van der Waals surface area contributed by atoms with Gasteiger partial charge in [0, 0.05) is 12.6 Å². The number of nitrogens with zero attached hydrogens (tertiary/aromatic N) is 2. The number of aryl methyl sites for hydroxylation is 1. The largest absolute Gasteiger partial charge is 0.493 e. The second-order valence-corrected chi connectivity index (χ2v) is 7.28. The molecule has 0 bridgehead atoms. The molecule has 2 aromatic rings. The number of methoxy groups -OCH3 is 2. The molecule has 0 aliphatic carbocycles. The molecule has 33 heavy (non-hydrogen) atoms. The zero-order valence-corrected chi connectivity index (χ0v) is 19.4. The van der Waals surface area contributed by atoms with Crippen molar-refractivity contribution in [2.75, 3.05) is 38.5 Å². The topological polar surface area (TPSA) is 113 Å². The van der Waals surface area contributed by atoms with E-state index in [0.29, 0.717) is 24.1 Å². The van der Waals surface area contributed by atoms with Crippen LogP contribution in [0.4, 0.5) is 11.5 Å². The maximum Gasteiger partial charge on any atom is 0.321 e. The van der Waals surface area contributed by atoms with Crippen LogP contribution < -0.4 is 29.7 Å². The Morgan fingerprint density at radius 1 is 1.27 bits per heavy atom. The summed E-state index contributed by atoms with van der Waals surface area (Å²) < 4.78 is 16.1. The standard InChI is InChI=1S/C23H28N4O6/c1-7-8-17(21(28)25-18-20(24-4)26-23(30-6)27-22(18)29-5)33-32-15-11-14(3)19-16(12-15)13(2)9-10-31-19/h7-8,11-13H,1,9-10H2,2-6H3,(H,25,28)(H,24,26,27)/b17-8-. The molecule has 1 aliphatic heterocycles. The van der Waals surface area contributed by atoms with Crippen LogP contribution in [-0.2, 0) is 9.68 Å². The summed E-state index contributed by atoms with van der Waals surface area (Å²) in [4.78, 5) is 32.1. The third-order valence-electron chi connectivity index (χ3n) is 5.03. The van der Waals surface area contributed by atoms with Crippen molar-refractivity contribution < 1.29 is 28.8 Å². The third-order valence-corrected chi connectivity index (χ3v) is 5.03. The number of carbonyl (C=O) groups excluding carboxylic acids is 1. The predicted molar refractivity (Wildman–Crippen MR) is 123 cm³/mol.